The van der Waals surface area contributed by atoms with Gasteiger partial charge in [-0.1, -0.05) is 25.3 Å². The molecule has 4 heteroatoms. The molecule has 1 atom stereocenters. The fourth-order valence-electron chi connectivity index (χ4n) is 3.82. The maximum atomic E-state index is 12.0. The molecule has 1 aliphatic heterocycles. The van der Waals surface area contributed by atoms with Crippen molar-refractivity contribution < 1.29 is 4.79 Å². The summed E-state index contributed by atoms with van der Waals surface area (Å²) in [7, 11) is 0. The molecule has 120 valence electrons. The molecule has 0 spiro atoms. The monoisotopic (exact) mass is 301 g/mol. The molecule has 1 aromatic rings. The summed E-state index contributed by atoms with van der Waals surface area (Å²) >= 11 is 0. The smallest absolute Gasteiger partial charge is 0.224 e. The Hall–Kier alpha value is -1.42. The van der Waals surface area contributed by atoms with Crippen LogP contribution in [0.5, 0.6) is 0 Å². The third-order valence-corrected chi connectivity index (χ3v) is 5.08. The minimum atomic E-state index is 0.115. The quantitative estimate of drug-likeness (QED) is 0.908. The molecule has 3 rings (SSSR count). The standard InChI is InChI=1S/C18H27N3O/c22-18(11-15-5-4-9-19-12-15)20-13-16-8-10-21(14-16)17-6-2-1-3-7-17/h4-5,9,12,16-17H,1-3,6-8,10-11,13-14H2,(H,20,22). The number of hydrogen-bond donors (Lipinski definition) is 1. The van der Waals surface area contributed by atoms with E-state index in [1.807, 2.05) is 12.1 Å². The van der Waals surface area contributed by atoms with Gasteiger partial charge in [-0.2, -0.15) is 0 Å². The maximum Gasteiger partial charge on any atom is 0.224 e. The molecular formula is C18H27N3O. The number of carbonyl (C=O) groups excluding carboxylic acids is 1. The van der Waals surface area contributed by atoms with Crippen LogP contribution in [-0.2, 0) is 11.2 Å². The van der Waals surface area contributed by atoms with Gasteiger partial charge in [-0.05, 0) is 43.4 Å². The van der Waals surface area contributed by atoms with Crippen LogP contribution in [0.2, 0.25) is 0 Å². The first-order chi connectivity index (χ1) is 10.8. The molecular weight excluding hydrogens is 274 g/mol. The highest BCUT2D eigenvalue weighted by atomic mass is 16.1. The summed E-state index contributed by atoms with van der Waals surface area (Å²) in [5, 5.41) is 3.10. The number of pyridine rings is 1. The van der Waals surface area contributed by atoms with Crippen LogP contribution < -0.4 is 5.32 Å². The van der Waals surface area contributed by atoms with Gasteiger partial charge < -0.3 is 10.2 Å². The second-order valence-electron chi connectivity index (χ2n) is 6.78. The molecule has 2 fully saturated rings. The third-order valence-electron chi connectivity index (χ3n) is 5.08. The minimum absolute atomic E-state index is 0.115. The second-order valence-corrected chi connectivity index (χ2v) is 6.78. The fraction of sp³-hybridized carbons (Fsp3) is 0.667. The molecule has 1 saturated carbocycles. The van der Waals surface area contributed by atoms with Gasteiger partial charge in [0.05, 0.1) is 6.42 Å². The van der Waals surface area contributed by atoms with Crippen molar-refractivity contribution >= 4 is 5.91 Å². The Morgan fingerprint density at radius 3 is 2.91 bits per heavy atom. The van der Waals surface area contributed by atoms with Crippen molar-refractivity contribution in [1.82, 2.24) is 15.2 Å². The zero-order valence-corrected chi connectivity index (χ0v) is 13.3. The predicted octanol–water partition coefficient (Wildman–Crippen LogP) is 2.39. The van der Waals surface area contributed by atoms with Crippen LogP contribution in [-0.4, -0.2) is 41.5 Å². The molecule has 1 amide bonds. The zero-order chi connectivity index (χ0) is 15.2. The van der Waals surface area contributed by atoms with Crippen molar-refractivity contribution in [2.45, 2.75) is 51.0 Å². The number of nitrogens with zero attached hydrogens (tertiary/aromatic N) is 2. The topological polar surface area (TPSA) is 45.2 Å². The van der Waals surface area contributed by atoms with E-state index in [2.05, 4.69) is 15.2 Å². The van der Waals surface area contributed by atoms with Gasteiger partial charge in [-0.25, -0.2) is 0 Å². The molecule has 1 aliphatic carbocycles. The lowest BCUT2D eigenvalue weighted by molar-refractivity contribution is -0.120. The SMILES string of the molecule is O=C(Cc1cccnc1)NCC1CCN(C2CCCCC2)C1. The van der Waals surface area contributed by atoms with E-state index in [0.717, 1.165) is 24.7 Å². The lowest BCUT2D eigenvalue weighted by Crippen LogP contribution is -2.36. The number of aromatic nitrogens is 1. The van der Waals surface area contributed by atoms with Gasteiger partial charge in [0.2, 0.25) is 5.91 Å². The van der Waals surface area contributed by atoms with E-state index in [4.69, 9.17) is 0 Å². The van der Waals surface area contributed by atoms with Gasteiger partial charge in [-0.3, -0.25) is 9.78 Å². The first-order valence-electron chi connectivity index (χ1n) is 8.71. The van der Waals surface area contributed by atoms with Gasteiger partial charge in [-0.15, -0.1) is 0 Å². The van der Waals surface area contributed by atoms with E-state index in [9.17, 15) is 4.79 Å². The van der Waals surface area contributed by atoms with Crippen molar-refractivity contribution in [3.63, 3.8) is 0 Å². The average Bonchev–Trinajstić information content (AvgIpc) is 3.04. The Balaban J connectivity index is 1.38. The Kier molecular flexibility index (Phi) is 5.43. The molecule has 22 heavy (non-hydrogen) atoms. The van der Waals surface area contributed by atoms with Crippen LogP contribution in [0, 0.1) is 5.92 Å². The van der Waals surface area contributed by atoms with Gasteiger partial charge in [0.25, 0.3) is 0 Å². The predicted molar refractivity (Wildman–Crippen MR) is 87.5 cm³/mol. The number of likely N-dealkylation sites (tertiary alicyclic amines) is 1. The van der Waals surface area contributed by atoms with Gasteiger partial charge >= 0.3 is 0 Å². The Morgan fingerprint density at radius 2 is 2.14 bits per heavy atom. The molecule has 2 heterocycles. The lowest BCUT2D eigenvalue weighted by Gasteiger charge is -2.31. The molecule has 1 aromatic heterocycles. The van der Waals surface area contributed by atoms with Crippen LogP contribution in [0.25, 0.3) is 0 Å². The van der Waals surface area contributed by atoms with Crippen molar-refractivity contribution in [3.8, 4) is 0 Å². The normalized spacial score (nSPS) is 23.5. The summed E-state index contributed by atoms with van der Waals surface area (Å²) in [5.74, 6) is 0.740. The van der Waals surface area contributed by atoms with E-state index in [-0.39, 0.29) is 5.91 Å². The Morgan fingerprint density at radius 1 is 1.27 bits per heavy atom. The second kappa shape index (κ2) is 7.73. The Bertz CT molecular complexity index is 470. The maximum absolute atomic E-state index is 12.0. The first-order valence-corrected chi connectivity index (χ1v) is 8.71. The van der Waals surface area contributed by atoms with Crippen LogP contribution in [0.1, 0.15) is 44.1 Å². The number of carbonyl (C=O) groups is 1. The summed E-state index contributed by atoms with van der Waals surface area (Å²) in [6.45, 7) is 3.20. The summed E-state index contributed by atoms with van der Waals surface area (Å²) in [4.78, 5) is 18.7. The fourth-order valence-corrected chi connectivity index (χ4v) is 3.82. The van der Waals surface area contributed by atoms with Crippen molar-refractivity contribution in [2.24, 2.45) is 5.92 Å². The summed E-state index contributed by atoms with van der Waals surface area (Å²) in [6.07, 6.45) is 12.1. The van der Waals surface area contributed by atoms with Crippen LogP contribution >= 0.6 is 0 Å². The molecule has 1 saturated heterocycles. The van der Waals surface area contributed by atoms with Crippen LogP contribution in [0.15, 0.2) is 24.5 Å². The minimum Gasteiger partial charge on any atom is -0.355 e. The van der Waals surface area contributed by atoms with Crippen LogP contribution in [0.4, 0.5) is 0 Å². The van der Waals surface area contributed by atoms with Gasteiger partial charge in [0, 0.05) is 31.5 Å². The highest BCUT2D eigenvalue weighted by Gasteiger charge is 2.29. The number of rotatable bonds is 5. The number of hydrogen-bond acceptors (Lipinski definition) is 3. The molecule has 2 aliphatic rings. The molecule has 0 bridgehead atoms. The van der Waals surface area contributed by atoms with Crippen molar-refractivity contribution in [1.29, 1.82) is 0 Å². The average molecular weight is 301 g/mol. The van der Waals surface area contributed by atoms with E-state index < -0.39 is 0 Å². The summed E-state index contributed by atoms with van der Waals surface area (Å²) < 4.78 is 0. The first kappa shape index (κ1) is 15.5. The van der Waals surface area contributed by atoms with E-state index in [1.54, 1.807) is 12.4 Å². The lowest BCUT2D eigenvalue weighted by atomic mass is 9.94. The molecule has 0 radical (unpaired) electrons. The highest BCUT2D eigenvalue weighted by Crippen LogP contribution is 2.27. The Labute approximate surface area is 133 Å². The summed E-state index contributed by atoms with van der Waals surface area (Å²) in [5.41, 5.74) is 0.982. The van der Waals surface area contributed by atoms with E-state index in [0.29, 0.717) is 12.3 Å². The highest BCUT2D eigenvalue weighted by molar-refractivity contribution is 5.78. The van der Waals surface area contributed by atoms with Gasteiger partial charge in [0.1, 0.15) is 0 Å². The zero-order valence-electron chi connectivity index (χ0n) is 13.3. The third kappa shape index (κ3) is 4.29. The van der Waals surface area contributed by atoms with Crippen molar-refractivity contribution in [2.75, 3.05) is 19.6 Å². The summed E-state index contributed by atoms with van der Waals surface area (Å²) in [6, 6.07) is 4.64. The molecule has 0 aromatic carbocycles. The van der Waals surface area contributed by atoms with E-state index >= 15 is 0 Å². The molecule has 1 unspecified atom stereocenters. The van der Waals surface area contributed by atoms with Crippen molar-refractivity contribution in [3.05, 3.63) is 30.1 Å². The van der Waals surface area contributed by atoms with Gasteiger partial charge in [0.15, 0.2) is 0 Å². The van der Waals surface area contributed by atoms with Crippen LogP contribution in [0.3, 0.4) is 0 Å². The molecule has 4 nitrogen and oxygen atoms in total. The number of amides is 1. The largest absolute Gasteiger partial charge is 0.355 e. The number of nitrogens with one attached hydrogen (secondary N) is 1. The molecule has 1 N–H and O–H groups in total. The van der Waals surface area contributed by atoms with E-state index in [1.165, 1.54) is 45.1 Å².